The highest BCUT2D eigenvalue weighted by molar-refractivity contribution is 6.04. The SMILES string of the molecule is CCC(CNc1ccc(NC(=O)c2ccc(C3CCCCC3)cc2)cc1)N(C)C. The first-order chi connectivity index (χ1) is 14.1. The zero-order chi connectivity index (χ0) is 20.6. The maximum atomic E-state index is 12.6. The van der Waals surface area contributed by atoms with Crippen molar-refractivity contribution in [2.45, 2.75) is 57.4 Å². The Bertz CT molecular complexity index is 762. The van der Waals surface area contributed by atoms with Crippen LogP contribution in [0.4, 0.5) is 11.4 Å². The zero-order valence-corrected chi connectivity index (χ0v) is 18.1. The van der Waals surface area contributed by atoms with Gasteiger partial charge in [-0.1, -0.05) is 38.3 Å². The van der Waals surface area contributed by atoms with Gasteiger partial charge >= 0.3 is 0 Å². The quantitative estimate of drug-likeness (QED) is 0.601. The van der Waals surface area contributed by atoms with Crippen LogP contribution in [0.3, 0.4) is 0 Å². The molecule has 1 aliphatic rings. The van der Waals surface area contributed by atoms with Crippen LogP contribution in [0, 0.1) is 0 Å². The average Bonchev–Trinajstić information content (AvgIpc) is 2.76. The largest absolute Gasteiger partial charge is 0.383 e. The Balaban J connectivity index is 1.53. The summed E-state index contributed by atoms with van der Waals surface area (Å²) in [5.74, 6) is 0.611. The molecule has 1 fully saturated rings. The van der Waals surface area contributed by atoms with Gasteiger partial charge in [-0.2, -0.15) is 0 Å². The third kappa shape index (κ3) is 6.07. The maximum Gasteiger partial charge on any atom is 0.255 e. The summed E-state index contributed by atoms with van der Waals surface area (Å²) < 4.78 is 0. The molecule has 4 nitrogen and oxygen atoms in total. The van der Waals surface area contributed by atoms with Crippen LogP contribution in [0.1, 0.15) is 67.3 Å². The van der Waals surface area contributed by atoms with Gasteiger partial charge in [0.2, 0.25) is 0 Å². The van der Waals surface area contributed by atoms with Crippen molar-refractivity contribution < 1.29 is 4.79 Å². The lowest BCUT2D eigenvalue weighted by molar-refractivity contribution is 0.102. The number of benzene rings is 2. The van der Waals surface area contributed by atoms with Crippen molar-refractivity contribution in [2.24, 2.45) is 0 Å². The smallest absolute Gasteiger partial charge is 0.255 e. The van der Waals surface area contributed by atoms with Crippen molar-refractivity contribution in [1.29, 1.82) is 0 Å². The molecule has 2 aromatic carbocycles. The summed E-state index contributed by atoms with van der Waals surface area (Å²) in [6.07, 6.45) is 7.67. The second kappa shape index (κ2) is 10.4. The summed E-state index contributed by atoms with van der Waals surface area (Å²) in [4.78, 5) is 14.8. The predicted molar refractivity (Wildman–Crippen MR) is 123 cm³/mol. The van der Waals surface area contributed by atoms with Gasteiger partial charge in [0.1, 0.15) is 0 Å². The Morgan fingerprint density at radius 3 is 2.17 bits per heavy atom. The van der Waals surface area contributed by atoms with Gasteiger partial charge in [0.15, 0.2) is 0 Å². The van der Waals surface area contributed by atoms with E-state index in [0.717, 1.165) is 24.3 Å². The molecule has 0 aromatic heterocycles. The van der Waals surface area contributed by atoms with E-state index in [1.54, 1.807) is 0 Å². The third-order valence-corrected chi connectivity index (χ3v) is 6.14. The molecule has 0 aliphatic heterocycles. The van der Waals surface area contributed by atoms with Gasteiger partial charge < -0.3 is 15.5 Å². The number of anilines is 2. The number of rotatable bonds is 8. The van der Waals surface area contributed by atoms with Crippen LogP contribution in [0.2, 0.25) is 0 Å². The number of nitrogens with one attached hydrogen (secondary N) is 2. The Kier molecular flexibility index (Phi) is 7.70. The minimum atomic E-state index is -0.0560. The molecule has 29 heavy (non-hydrogen) atoms. The molecule has 3 rings (SSSR count). The average molecular weight is 394 g/mol. The van der Waals surface area contributed by atoms with Gasteiger partial charge in [0.05, 0.1) is 0 Å². The molecule has 1 atom stereocenters. The Morgan fingerprint density at radius 2 is 1.59 bits per heavy atom. The van der Waals surface area contributed by atoms with Crippen molar-refractivity contribution in [2.75, 3.05) is 31.3 Å². The number of hydrogen-bond acceptors (Lipinski definition) is 3. The number of nitrogens with zero attached hydrogens (tertiary/aromatic N) is 1. The van der Waals surface area contributed by atoms with Gasteiger partial charge in [-0.25, -0.2) is 0 Å². The number of hydrogen-bond donors (Lipinski definition) is 2. The molecule has 0 saturated heterocycles. The third-order valence-electron chi connectivity index (χ3n) is 6.14. The van der Waals surface area contributed by atoms with E-state index in [0.29, 0.717) is 17.5 Å². The standard InChI is InChI=1S/C25H35N3O/c1-4-24(28(2)3)18-26-22-14-16-23(17-15-22)27-25(29)21-12-10-20(11-13-21)19-8-6-5-7-9-19/h10-17,19,24,26H,4-9,18H2,1-3H3,(H,27,29). The van der Waals surface area contributed by atoms with E-state index in [1.165, 1.54) is 37.7 Å². The van der Waals surface area contributed by atoms with E-state index in [1.807, 2.05) is 36.4 Å². The fraction of sp³-hybridized carbons (Fsp3) is 0.480. The first-order valence-electron chi connectivity index (χ1n) is 11.0. The highest BCUT2D eigenvalue weighted by Crippen LogP contribution is 2.32. The highest BCUT2D eigenvalue weighted by atomic mass is 16.1. The molecule has 1 unspecified atom stereocenters. The summed E-state index contributed by atoms with van der Waals surface area (Å²) in [6.45, 7) is 3.11. The molecule has 0 heterocycles. The van der Waals surface area contributed by atoms with Crippen LogP contribution >= 0.6 is 0 Å². The first kappa shape index (κ1) is 21.4. The monoisotopic (exact) mass is 393 g/mol. The van der Waals surface area contributed by atoms with Crippen LogP contribution in [0.25, 0.3) is 0 Å². The Hall–Kier alpha value is -2.33. The predicted octanol–water partition coefficient (Wildman–Crippen LogP) is 5.74. The molecule has 1 amide bonds. The van der Waals surface area contributed by atoms with E-state index < -0.39 is 0 Å². The minimum absolute atomic E-state index is 0.0560. The lowest BCUT2D eigenvalue weighted by Crippen LogP contribution is -2.33. The number of likely N-dealkylation sites (N-methyl/N-ethyl adjacent to an activating group) is 1. The molecule has 4 heteroatoms. The van der Waals surface area contributed by atoms with Gasteiger partial charge in [0, 0.05) is 29.5 Å². The fourth-order valence-corrected chi connectivity index (χ4v) is 4.14. The van der Waals surface area contributed by atoms with E-state index in [-0.39, 0.29) is 5.91 Å². The number of carbonyl (C=O) groups is 1. The topological polar surface area (TPSA) is 44.4 Å². The van der Waals surface area contributed by atoms with Gasteiger partial charge in [-0.05, 0) is 81.2 Å². The highest BCUT2D eigenvalue weighted by Gasteiger charge is 2.16. The molecule has 0 radical (unpaired) electrons. The van der Waals surface area contributed by atoms with Crippen LogP contribution in [0.5, 0.6) is 0 Å². The van der Waals surface area contributed by atoms with Gasteiger partial charge in [-0.3, -0.25) is 4.79 Å². The molecule has 0 spiro atoms. The van der Waals surface area contributed by atoms with Crippen molar-refractivity contribution in [3.05, 3.63) is 59.7 Å². The first-order valence-corrected chi connectivity index (χ1v) is 11.0. The van der Waals surface area contributed by atoms with Crippen LogP contribution in [0.15, 0.2) is 48.5 Å². The summed E-state index contributed by atoms with van der Waals surface area (Å²) in [5.41, 5.74) is 3.97. The van der Waals surface area contributed by atoms with Gasteiger partial charge in [0.25, 0.3) is 5.91 Å². The van der Waals surface area contributed by atoms with Crippen molar-refractivity contribution in [3.8, 4) is 0 Å². The van der Waals surface area contributed by atoms with Crippen LogP contribution in [-0.4, -0.2) is 37.5 Å². The molecule has 156 valence electrons. The van der Waals surface area contributed by atoms with Crippen molar-refractivity contribution in [1.82, 2.24) is 4.90 Å². The molecule has 2 aromatic rings. The van der Waals surface area contributed by atoms with Gasteiger partial charge in [-0.15, -0.1) is 0 Å². The lowest BCUT2D eigenvalue weighted by atomic mass is 9.84. The van der Waals surface area contributed by atoms with Crippen LogP contribution in [-0.2, 0) is 0 Å². The number of amides is 1. The Morgan fingerprint density at radius 1 is 0.966 bits per heavy atom. The van der Waals surface area contributed by atoms with E-state index in [9.17, 15) is 4.79 Å². The van der Waals surface area contributed by atoms with E-state index in [4.69, 9.17) is 0 Å². The minimum Gasteiger partial charge on any atom is -0.383 e. The van der Waals surface area contributed by atoms with Crippen molar-refractivity contribution in [3.63, 3.8) is 0 Å². The fourth-order valence-electron chi connectivity index (χ4n) is 4.14. The van der Waals surface area contributed by atoms with Crippen molar-refractivity contribution >= 4 is 17.3 Å². The summed E-state index contributed by atoms with van der Waals surface area (Å²) in [7, 11) is 4.21. The lowest BCUT2D eigenvalue weighted by Gasteiger charge is -2.23. The Labute approximate surface area is 175 Å². The second-order valence-electron chi connectivity index (χ2n) is 8.40. The molecule has 2 N–H and O–H groups in total. The normalized spacial score (nSPS) is 15.9. The summed E-state index contributed by atoms with van der Waals surface area (Å²) in [6, 6.07) is 16.6. The molecule has 1 saturated carbocycles. The molecule has 0 bridgehead atoms. The van der Waals surface area contributed by atoms with Crippen LogP contribution < -0.4 is 10.6 Å². The molecular formula is C25H35N3O. The summed E-state index contributed by atoms with van der Waals surface area (Å²) in [5, 5.41) is 6.48. The van der Waals surface area contributed by atoms with E-state index in [2.05, 4.69) is 48.7 Å². The van der Waals surface area contributed by atoms with E-state index >= 15 is 0 Å². The molecular weight excluding hydrogens is 358 g/mol. The maximum absolute atomic E-state index is 12.6. The summed E-state index contributed by atoms with van der Waals surface area (Å²) >= 11 is 0. The second-order valence-corrected chi connectivity index (χ2v) is 8.40. The number of carbonyl (C=O) groups excluding carboxylic acids is 1. The molecule has 1 aliphatic carbocycles. The zero-order valence-electron chi connectivity index (χ0n) is 18.1.